The van der Waals surface area contributed by atoms with Gasteiger partial charge in [0, 0.05) is 13.1 Å². The Hall–Kier alpha value is -1.79. The normalized spacial score (nSPS) is 17.6. The van der Waals surface area contributed by atoms with Crippen molar-refractivity contribution < 1.29 is 24.6 Å². The van der Waals surface area contributed by atoms with Crippen LogP contribution in [0.5, 0.6) is 0 Å². The van der Waals surface area contributed by atoms with E-state index in [0.29, 0.717) is 24.9 Å². The lowest BCUT2D eigenvalue weighted by atomic mass is 10.3. The topological polar surface area (TPSA) is 98.1 Å². The SMILES string of the molecule is O=C(O)CN(CC(=O)O)C(=O)N(CC1CC1)CC1CC1. The Kier molecular flexibility index (Phi) is 4.46. The number of hydrogen-bond donors (Lipinski definition) is 2. The first-order chi connectivity index (χ1) is 9.45. The van der Waals surface area contributed by atoms with Crippen molar-refractivity contribution in [1.29, 1.82) is 0 Å². The van der Waals surface area contributed by atoms with Crippen LogP contribution in [0.3, 0.4) is 0 Å². The Morgan fingerprint density at radius 3 is 1.50 bits per heavy atom. The molecular weight excluding hydrogens is 264 g/mol. The lowest BCUT2D eigenvalue weighted by Gasteiger charge is -2.29. The molecule has 20 heavy (non-hydrogen) atoms. The second-order valence-electron chi connectivity index (χ2n) is 5.72. The van der Waals surface area contributed by atoms with E-state index in [1.54, 1.807) is 4.90 Å². The summed E-state index contributed by atoms with van der Waals surface area (Å²) >= 11 is 0. The van der Waals surface area contributed by atoms with Crippen LogP contribution in [0.2, 0.25) is 0 Å². The number of nitrogens with zero attached hydrogens (tertiary/aromatic N) is 2. The Bertz CT molecular complexity index is 374. The molecule has 0 aromatic carbocycles. The highest BCUT2D eigenvalue weighted by Crippen LogP contribution is 2.34. The van der Waals surface area contributed by atoms with Gasteiger partial charge >= 0.3 is 18.0 Å². The van der Waals surface area contributed by atoms with Gasteiger partial charge in [0.2, 0.25) is 0 Å². The number of hydrogen-bond acceptors (Lipinski definition) is 3. The van der Waals surface area contributed by atoms with Crippen molar-refractivity contribution in [3.8, 4) is 0 Å². The van der Waals surface area contributed by atoms with Gasteiger partial charge in [-0.3, -0.25) is 9.59 Å². The van der Waals surface area contributed by atoms with Gasteiger partial charge in [-0.25, -0.2) is 4.79 Å². The number of carbonyl (C=O) groups excluding carboxylic acids is 1. The Morgan fingerprint density at radius 1 is 0.800 bits per heavy atom. The summed E-state index contributed by atoms with van der Waals surface area (Å²) in [5, 5.41) is 17.6. The summed E-state index contributed by atoms with van der Waals surface area (Å²) in [6, 6.07) is -0.464. The maximum Gasteiger partial charge on any atom is 0.323 e. The van der Waals surface area contributed by atoms with Crippen molar-refractivity contribution >= 4 is 18.0 Å². The molecule has 2 N–H and O–H groups in total. The molecule has 7 heteroatoms. The summed E-state index contributed by atoms with van der Waals surface area (Å²) in [5.74, 6) is -1.40. The molecular formula is C13H20N2O5. The second kappa shape index (κ2) is 6.11. The van der Waals surface area contributed by atoms with Crippen LogP contribution in [0.25, 0.3) is 0 Å². The molecule has 0 heterocycles. The van der Waals surface area contributed by atoms with Crippen molar-refractivity contribution in [1.82, 2.24) is 9.80 Å². The fourth-order valence-electron chi connectivity index (χ4n) is 2.17. The van der Waals surface area contributed by atoms with Crippen LogP contribution in [0.4, 0.5) is 4.79 Å². The van der Waals surface area contributed by atoms with Gasteiger partial charge in [-0.2, -0.15) is 0 Å². The van der Waals surface area contributed by atoms with E-state index in [9.17, 15) is 14.4 Å². The first-order valence-corrected chi connectivity index (χ1v) is 6.93. The minimum atomic E-state index is -1.20. The van der Waals surface area contributed by atoms with E-state index in [0.717, 1.165) is 30.6 Å². The van der Waals surface area contributed by atoms with Crippen molar-refractivity contribution in [3.63, 3.8) is 0 Å². The molecule has 2 amide bonds. The molecule has 2 saturated carbocycles. The van der Waals surface area contributed by atoms with Gasteiger partial charge < -0.3 is 20.0 Å². The molecule has 0 unspecified atom stereocenters. The summed E-state index contributed by atoms with van der Waals surface area (Å²) in [6.07, 6.45) is 4.36. The molecule has 2 rings (SSSR count). The molecule has 0 radical (unpaired) electrons. The maximum atomic E-state index is 12.4. The second-order valence-corrected chi connectivity index (χ2v) is 5.72. The van der Waals surface area contributed by atoms with E-state index in [1.807, 2.05) is 0 Å². The van der Waals surface area contributed by atoms with Crippen LogP contribution in [-0.4, -0.2) is 64.2 Å². The van der Waals surface area contributed by atoms with Gasteiger partial charge in [-0.05, 0) is 37.5 Å². The van der Waals surface area contributed by atoms with E-state index in [2.05, 4.69) is 0 Å². The number of carboxylic acid groups (broad SMARTS) is 2. The maximum absolute atomic E-state index is 12.4. The van der Waals surface area contributed by atoms with Gasteiger partial charge in [0.1, 0.15) is 13.1 Å². The van der Waals surface area contributed by atoms with E-state index in [1.165, 1.54) is 0 Å². The predicted molar refractivity (Wildman–Crippen MR) is 69.3 cm³/mol. The molecule has 7 nitrogen and oxygen atoms in total. The van der Waals surface area contributed by atoms with Crippen LogP contribution in [0.15, 0.2) is 0 Å². The largest absolute Gasteiger partial charge is 0.480 e. The molecule has 0 aromatic rings. The zero-order chi connectivity index (χ0) is 14.7. The molecule has 0 aliphatic heterocycles. The van der Waals surface area contributed by atoms with Gasteiger partial charge in [0.15, 0.2) is 0 Å². The quantitative estimate of drug-likeness (QED) is 0.683. The van der Waals surface area contributed by atoms with Crippen molar-refractivity contribution in [2.45, 2.75) is 25.7 Å². The van der Waals surface area contributed by atoms with Crippen LogP contribution in [0.1, 0.15) is 25.7 Å². The Balaban J connectivity index is 1.99. The average Bonchev–Trinajstić information content (AvgIpc) is 3.19. The smallest absolute Gasteiger partial charge is 0.323 e. The number of aliphatic carboxylic acids is 2. The highest BCUT2D eigenvalue weighted by Gasteiger charge is 2.34. The number of carbonyl (C=O) groups is 3. The number of carboxylic acids is 2. The van der Waals surface area contributed by atoms with Gasteiger partial charge in [-0.1, -0.05) is 0 Å². The van der Waals surface area contributed by atoms with Crippen molar-refractivity contribution in [2.24, 2.45) is 11.8 Å². The zero-order valence-electron chi connectivity index (χ0n) is 11.3. The van der Waals surface area contributed by atoms with E-state index in [-0.39, 0.29) is 0 Å². The van der Waals surface area contributed by atoms with Gasteiger partial charge in [0.25, 0.3) is 0 Å². The Morgan fingerprint density at radius 2 is 1.20 bits per heavy atom. The molecule has 112 valence electrons. The summed E-state index contributed by atoms with van der Waals surface area (Å²) in [4.78, 5) is 36.5. The molecule has 0 spiro atoms. The lowest BCUT2D eigenvalue weighted by molar-refractivity contribution is -0.140. The number of amides is 2. The van der Waals surface area contributed by atoms with E-state index < -0.39 is 31.1 Å². The predicted octanol–water partition coefficient (Wildman–Crippen LogP) is 0.700. The molecule has 0 saturated heterocycles. The summed E-state index contributed by atoms with van der Waals surface area (Å²) in [5.41, 5.74) is 0. The van der Waals surface area contributed by atoms with Gasteiger partial charge in [0.05, 0.1) is 0 Å². The fourth-order valence-corrected chi connectivity index (χ4v) is 2.17. The molecule has 0 atom stereocenters. The molecule has 0 bridgehead atoms. The standard InChI is InChI=1S/C13H20N2O5/c16-11(17)7-15(8-12(18)19)13(20)14(5-9-1-2-9)6-10-3-4-10/h9-10H,1-8H2,(H,16,17)(H,18,19). The van der Waals surface area contributed by atoms with Crippen LogP contribution in [-0.2, 0) is 9.59 Å². The molecule has 2 fully saturated rings. The molecule has 0 aromatic heterocycles. The van der Waals surface area contributed by atoms with Crippen molar-refractivity contribution in [2.75, 3.05) is 26.2 Å². The summed E-state index contributed by atoms with van der Waals surface area (Å²) in [7, 11) is 0. The monoisotopic (exact) mass is 284 g/mol. The summed E-state index contributed by atoms with van der Waals surface area (Å²) < 4.78 is 0. The Labute approximate surface area is 117 Å². The highest BCUT2D eigenvalue weighted by atomic mass is 16.4. The first-order valence-electron chi connectivity index (χ1n) is 6.93. The highest BCUT2D eigenvalue weighted by molar-refractivity contribution is 5.84. The van der Waals surface area contributed by atoms with Crippen LogP contribution < -0.4 is 0 Å². The number of rotatable bonds is 8. The minimum Gasteiger partial charge on any atom is -0.480 e. The van der Waals surface area contributed by atoms with Crippen LogP contribution >= 0.6 is 0 Å². The number of urea groups is 1. The zero-order valence-corrected chi connectivity index (χ0v) is 11.3. The molecule has 2 aliphatic carbocycles. The average molecular weight is 284 g/mol. The lowest BCUT2D eigenvalue weighted by Crippen LogP contribution is -2.48. The van der Waals surface area contributed by atoms with E-state index >= 15 is 0 Å². The fraction of sp³-hybridized carbons (Fsp3) is 0.769. The third-order valence-electron chi connectivity index (χ3n) is 3.54. The minimum absolute atomic E-state index is 0.464. The van der Waals surface area contributed by atoms with Crippen LogP contribution in [0, 0.1) is 11.8 Å². The van der Waals surface area contributed by atoms with Crippen molar-refractivity contribution in [3.05, 3.63) is 0 Å². The summed E-state index contributed by atoms with van der Waals surface area (Å²) in [6.45, 7) is 0.0874. The third kappa shape index (κ3) is 4.71. The molecule has 2 aliphatic rings. The third-order valence-corrected chi connectivity index (χ3v) is 3.54. The van der Waals surface area contributed by atoms with E-state index in [4.69, 9.17) is 10.2 Å². The first kappa shape index (κ1) is 14.6. The van der Waals surface area contributed by atoms with Gasteiger partial charge in [-0.15, -0.1) is 0 Å².